The summed E-state index contributed by atoms with van der Waals surface area (Å²) in [7, 11) is 0. The molecule has 2 rings (SSSR count). The van der Waals surface area contributed by atoms with Crippen molar-refractivity contribution in [2.45, 2.75) is 44.6 Å². The van der Waals surface area contributed by atoms with Crippen molar-refractivity contribution in [2.24, 2.45) is 0 Å². The first-order valence-corrected chi connectivity index (χ1v) is 5.75. The summed E-state index contributed by atoms with van der Waals surface area (Å²) < 4.78 is 5.47. The molecule has 0 radical (unpaired) electrons. The lowest BCUT2D eigenvalue weighted by molar-refractivity contribution is -0.134. The zero-order valence-electron chi connectivity index (χ0n) is 8.71. The van der Waals surface area contributed by atoms with Gasteiger partial charge in [-0.2, -0.15) is 0 Å². The second-order valence-corrected chi connectivity index (χ2v) is 4.28. The molecule has 0 aromatic carbocycles. The van der Waals surface area contributed by atoms with E-state index in [-0.39, 0.29) is 6.10 Å². The molecule has 3 heteroatoms. The van der Waals surface area contributed by atoms with Crippen LogP contribution in [0.5, 0.6) is 0 Å². The van der Waals surface area contributed by atoms with Crippen LogP contribution >= 0.6 is 0 Å². The van der Waals surface area contributed by atoms with Gasteiger partial charge in [0.1, 0.15) is 0 Å². The Morgan fingerprint density at radius 2 is 2.00 bits per heavy atom. The number of hydrogen-bond donors (Lipinski definition) is 0. The Balaban J connectivity index is 1.75. The molecule has 1 unspecified atom stereocenters. The van der Waals surface area contributed by atoms with Gasteiger partial charge in [-0.25, -0.2) is 0 Å². The van der Waals surface area contributed by atoms with E-state index >= 15 is 0 Å². The molecular formula is C11H19NO2. The van der Waals surface area contributed by atoms with Crippen molar-refractivity contribution in [1.29, 1.82) is 0 Å². The number of nitrogens with zero attached hydrogens (tertiary/aromatic N) is 1. The molecule has 0 aromatic heterocycles. The Hall–Kier alpha value is -0.570. The summed E-state index contributed by atoms with van der Waals surface area (Å²) in [5, 5.41) is 0. The van der Waals surface area contributed by atoms with Crippen LogP contribution in [-0.4, -0.2) is 36.6 Å². The number of piperidine rings is 1. The van der Waals surface area contributed by atoms with Gasteiger partial charge in [-0.15, -0.1) is 0 Å². The van der Waals surface area contributed by atoms with E-state index in [1.54, 1.807) is 0 Å². The predicted molar refractivity (Wildman–Crippen MR) is 54.0 cm³/mol. The van der Waals surface area contributed by atoms with E-state index in [0.717, 1.165) is 32.5 Å². The normalized spacial score (nSPS) is 28.0. The molecule has 3 nitrogen and oxygen atoms in total. The molecule has 2 aliphatic rings. The molecule has 14 heavy (non-hydrogen) atoms. The third kappa shape index (κ3) is 2.47. The average molecular weight is 197 g/mol. The molecular weight excluding hydrogens is 178 g/mol. The van der Waals surface area contributed by atoms with Crippen molar-refractivity contribution in [3.8, 4) is 0 Å². The smallest absolute Gasteiger partial charge is 0.225 e. The van der Waals surface area contributed by atoms with Gasteiger partial charge in [0.15, 0.2) is 0 Å². The minimum atomic E-state index is 0.212. The van der Waals surface area contributed by atoms with Crippen LogP contribution in [0.1, 0.15) is 38.5 Å². The van der Waals surface area contributed by atoms with Crippen molar-refractivity contribution in [1.82, 2.24) is 4.90 Å². The van der Waals surface area contributed by atoms with Gasteiger partial charge in [-0.3, -0.25) is 4.79 Å². The molecule has 2 aliphatic heterocycles. The van der Waals surface area contributed by atoms with Gasteiger partial charge in [-0.1, -0.05) is 0 Å². The third-order valence-electron chi connectivity index (χ3n) is 3.14. The topological polar surface area (TPSA) is 29.5 Å². The van der Waals surface area contributed by atoms with Crippen LogP contribution < -0.4 is 0 Å². The second kappa shape index (κ2) is 4.78. The van der Waals surface area contributed by atoms with Crippen molar-refractivity contribution >= 4 is 5.91 Å². The predicted octanol–water partition coefficient (Wildman–Crippen LogP) is 1.57. The molecule has 0 bridgehead atoms. The van der Waals surface area contributed by atoms with Crippen LogP contribution in [0.4, 0.5) is 0 Å². The first-order chi connectivity index (χ1) is 6.86. The van der Waals surface area contributed by atoms with Gasteiger partial charge in [0.2, 0.25) is 5.91 Å². The number of carbonyl (C=O) groups is 1. The zero-order valence-corrected chi connectivity index (χ0v) is 8.71. The van der Waals surface area contributed by atoms with Crippen molar-refractivity contribution < 1.29 is 9.53 Å². The fraction of sp³-hybridized carbons (Fsp3) is 0.909. The minimum Gasteiger partial charge on any atom is -0.378 e. The Kier molecular flexibility index (Phi) is 3.40. The van der Waals surface area contributed by atoms with Gasteiger partial charge in [-0.05, 0) is 32.1 Å². The molecule has 0 spiro atoms. The largest absolute Gasteiger partial charge is 0.378 e. The summed E-state index contributed by atoms with van der Waals surface area (Å²) in [5.41, 5.74) is 0. The lowest BCUT2D eigenvalue weighted by atomic mass is 10.1. The van der Waals surface area contributed by atoms with E-state index in [0.29, 0.717) is 12.3 Å². The Bertz CT molecular complexity index is 193. The van der Waals surface area contributed by atoms with E-state index in [4.69, 9.17) is 4.74 Å². The fourth-order valence-corrected chi connectivity index (χ4v) is 2.27. The first-order valence-electron chi connectivity index (χ1n) is 5.75. The maximum atomic E-state index is 11.8. The highest BCUT2D eigenvalue weighted by atomic mass is 16.5. The van der Waals surface area contributed by atoms with E-state index in [9.17, 15) is 4.79 Å². The Morgan fingerprint density at radius 3 is 2.64 bits per heavy atom. The van der Waals surface area contributed by atoms with E-state index in [2.05, 4.69) is 0 Å². The highest BCUT2D eigenvalue weighted by Gasteiger charge is 2.23. The van der Waals surface area contributed by atoms with Gasteiger partial charge in [0, 0.05) is 19.7 Å². The molecule has 2 saturated heterocycles. The highest BCUT2D eigenvalue weighted by molar-refractivity contribution is 5.76. The summed E-state index contributed by atoms with van der Waals surface area (Å²) in [6, 6.07) is 0. The monoisotopic (exact) mass is 197 g/mol. The van der Waals surface area contributed by atoms with E-state index in [1.165, 1.54) is 19.3 Å². The summed E-state index contributed by atoms with van der Waals surface area (Å²) in [5.74, 6) is 0.302. The number of likely N-dealkylation sites (tertiary alicyclic amines) is 1. The minimum absolute atomic E-state index is 0.212. The third-order valence-corrected chi connectivity index (χ3v) is 3.14. The number of hydrogen-bond acceptors (Lipinski definition) is 2. The van der Waals surface area contributed by atoms with Crippen molar-refractivity contribution in [2.75, 3.05) is 19.7 Å². The molecule has 2 heterocycles. The number of ether oxygens (including phenoxy) is 1. The quantitative estimate of drug-likeness (QED) is 0.672. The average Bonchev–Trinajstić information content (AvgIpc) is 2.72. The van der Waals surface area contributed by atoms with Gasteiger partial charge in [0.05, 0.1) is 12.5 Å². The Morgan fingerprint density at radius 1 is 1.21 bits per heavy atom. The number of rotatable bonds is 2. The highest BCUT2D eigenvalue weighted by Crippen LogP contribution is 2.18. The molecule has 1 atom stereocenters. The fourth-order valence-electron chi connectivity index (χ4n) is 2.27. The summed E-state index contributed by atoms with van der Waals surface area (Å²) in [4.78, 5) is 13.8. The van der Waals surface area contributed by atoms with Crippen LogP contribution in [0, 0.1) is 0 Å². The van der Waals surface area contributed by atoms with Crippen molar-refractivity contribution in [3.05, 3.63) is 0 Å². The second-order valence-electron chi connectivity index (χ2n) is 4.28. The zero-order chi connectivity index (χ0) is 9.80. The maximum absolute atomic E-state index is 11.8. The van der Waals surface area contributed by atoms with Crippen LogP contribution in [0.25, 0.3) is 0 Å². The number of amides is 1. The van der Waals surface area contributed by atoms with Gasteiger partial charge < -0.3 is 9.64 Å². The molecule has 0 N–H and O–H groups in total. The van der Waals surface area contributed by atoms with E-state index < -0.39 is 0 Å². The molecule has 0 saturated carbocycles. The van der Waals surface area contributed by atoms with Crippen LogP contribution in [0.2, 0.25) is 0 Å². The molecule has 2 fully saturated rings. The first kappa shape index (κ1) is 9.97. The SMILES string of the molecule is O=C(CC1CCCO1)N1CCCCC1. The van der Waals surface area contributed by atoms with Gasteiger partial charge in [0.25, 0.3) is 0 Å². The molecule has 0 aromatic rings. The lowest BCUT2D eigenvalue weighted by Crippen LogP contribution is -2.37. The van der Waals surface area contributed by atoms with Gasteiger partial charge >= 0.3 is 0 Å². The molecule has 1 amide bonds. The van der Waals surface area contributed by atoms with E-state index in [1.807, 2.05) is 4.90 Å². The number of carbonyl (C=O) groups excluding carboxylic acids is 1. The molecule has 80 valence electrons. The Labute approximate surface area is 85.4 Å². The maximum Gasteiger partial charge on any atom is 0.225 e. The molecule has 0 aliphatic carbocycles. The van der Waals surface area contributed by atoms with Crippen LogP contribution in [-0.2, 0) is 9.53 Å². The van der Waals surface area contributed by atoms with Crippen molar-refractivity contribution in [3.63, 3.8) is 0 Å². The lowest BCUT2D eigenvalue weighted by Gasteiger charge is -2.27. The standard InChI is InChI=1S/C11H19NO2/c13-11(9-10-5-4-8-14-10)12-6-2-1-3-7-12/h10H,1-9H2. The summed E-state index contributed by atoms with van der Waals surface area (Å²) in [6.07, 6.45) is 6.65. The summed E-state index contributed by atoms with van der Waals surface area (Å²) >= 11 is 0. The van der Waals surface area contributed by atoms with Crippen LogP contribution in [0.3, 0.4) is 0 Å². The van der Waals surface area contributed by atoms with Crippen LogP contribution in [0.15, 0.2) is 0 Å². The summed E-state index contributed by atoms with van der Waals surface area (Å²) in [6.45, 7) is 2.77.